The largest absolute Gasteiger partial charge is 0.595 e. The summed E-state index contributed by atoms with van der Waals surface area (Å²) in [5, 5.41) is 40.6. The average molecular weight is 285 g/mol. The van der Waals surface area contributed by atoms with Crippen LogP contribution in [0.4, 0.5) is 11.4 Å². The van der Waals surface area contributed by atoms with Gasteiger partial charge in [-0.2, -0.15) is 10.5 Å². The van der Waals surface area contributed by atoms with Gasteiger partial charge in [0.05, 0.1) is 11.1 Å². The van der Waals surface area contributed by atoms with Crippen molar-refractivity contribution in [3.8, 4) is 0 Å². The standard InChI is InChI=1S/C12H19N3O5/c1-4-7(2)13-12(16)9-5-10(14(17)18)8(3)11(6-9)15(19)20/h5-7,14-15,17,19H,4H2,1-3H3,(H,13,16)/t7-/m1/s1. The summed E-state index contributed by atoms with van der Waals surface area (Å²) in [5.74, 6) is -0.482. The lowest BCUT2D eigenvalue weighted by Crippen LogP contribution is -3.01. The number of amides is 1. The molecule has 5 N–H and O–H groups in total. The first kappa shape index (κ1) is 16.5. The van der Waals surface area contributed by atoms with Crippen molar-refractivity contribution in [1.29, 1.82) is 0 Å². The molecule has 112 valence electrons. The van der Waals surface area contributed by atoms with Gasteiger partial charge in [0.1, 0.15) is 0 Å². The first-order valence-electron chi connectivity index (χ1n) is 6.20. The summed E-state index contributed by atoms with van der Waals surface area (Å²) in [5.41, 5.74) is -0.200. The highest BCUT2D eigenvalue weighted by Crippen LogP contribution is 2.20. The third-order valence-corrected chi connectivity index (χ3v) is 3.12. The molecule has 3 atom stereocenters. The quantitative estimate of drug-likeness (QED) is 0.459. The minimum absolute atomic E-state index is 0.0331. The van der Waals surface area contributed by atoms with Crippen molar-refractivity contribution in [3.05, 3.63) is 33.7 Å². The van der Waals surface area contributed by atoms with E-state index in [0.29, 0.717) is 0 Å². The molecule has 0 heterocycles. The molecule has 1 amide bonds. The number of quaternary nitrogens is 2. The molecule has 8 heteroatoms. The second kappa shape index (κ2) is 6.75. The van der Waals surface area contributed by atoms with E-state index in [1.165, 1.54) is 19.1 Å². The van der Waals surface area contributed by atoms with Crippen molar-refractivity contribution in [2.24, 2.45) is 0 Å². The van der Waals surface area contributed by atoms with Crippen molar-refractivity contribution in [2.45, 2.75) is 33.2 Å². The summed E-state index contributed by atoms with van der Waals surface area (Å²) < 4.78 is 0. The van der Waals surface area contributed by atoms with Gasteiger partial charge in [-0.15, -0.1) is 0 Å². The van der Waals surface area contributed by atoms with E-state index in [1.807, 2.05) is 13.8 Å². The smallest absolute Gasteiger partial charge is 0.251 e. The topological polar surface area (TPSA) is 125 Å². The Bertz CT molecular complexity index is 461. The van der Waals surface area contributed by atoms with Crippen molar-refractivity contribution >= 4 is 17.3 Å². The number of carbonyl (C=O) groups excluding carboxylic acids is 1. The van der Waals surface area contributed by atoms with Crippen molar-refractivity contribution in [2.75, 3.05) is 0 Å². The summed E-state index contributed by atoms with van der Waals surface area (Å²) in [7, 11) is 0. The normalized spacial score (nSPS) is 15.6. The summed E-state index contributed by atoms with van der Waals surface area (Å²) in [4.78, 5) is 12.0. The Morgan fingerprint density at radius 3 is 2.10 bits per heavy atom. The van der Waals surface area contributed by atoms with Crippen LogP contribution < -0.4 is 15.8 Å². The first-order chi connectivity index (χ1) is 9.27. The molecule has 0 saturated carbocycles. The van der Waals surface area contributed by atoms with Crippen molar-refractivity contribution in [1.82, 2.24) is 5.32 Å². The molecular weight excluding hydrogens is 266 g/mol. The molecule has 0 fully saturated rings. The van der Waals surface area contributed by atoms with E-state index >= 15 is 0 Å². The van der Waals surface area contributed by atoms with Crippen molar-refractivity contribution in [3.63, 3.8) is 0 Å². The Balaban J connectivity index is 3.24. The third-order valence-electron chi connectivity index (χ3n) is 3.12. The van der Waals surface area contributed by atoms with Gasteiger partial charge in [0.15, 0.2) is 11.4 Å². The zero-order valence-electron chi connectivity index (χ0n) is 11.6. The summed E-state index contributed by atoms with van der Waals surface area (Å²) in [6, 6.07) is 2.31. The van der Waals surface area contributed by atoms with Crippen LogP contribution in [0, 0.1) is 17.3 Å². The molecule has 8 nitrogen and oxygen atoms in total. The van der Waals surface area contributed by atoms with E-state index in [4.69, 9.17) is 10.4 Å². The molecule has 20 heavy (non-hydrogen) atoms. The Labute approximate surface area is 116 Å². The van der Waals surface area contributed by atoms with Gasteiger partial charge in [0.25, 0.3) is 5.91 Å². The lowest BCUT2D eigenvalue weighted by Gasteiger charge is -2.20. The molecule has 0 spiro atoms. The molecular formula is C12H19N3O5. The zero-order valence-corrected chi connectivity index (χ0v) is 11.6. The number of hydrogen-bond donors (Lipinski definition) is 5. The van der Waals surface area contributed by atoms with Gasteiger partial charge in [-0.3, -0.25) is 4.79 Å². The molecule has 0 radical (unpaired) electrons. The van der Waals surface area contributed by atoms with Crippen molar-refractivity contribution < 1.29 is 25.7 Å². The van der Waals surface area contributed by atoms with E-state index in [2.05, 4.69) is 5.32 Å². The van der Waals surface area contributed by atoms with Crippen LogP contribution in [0.5, 0.6) is 0 Å². The van der Waals surface area contributed by atoms with Crippen LogP contribution >= 0.6 is 0 Å². The van der Waals surface area contributed by atoms with Crippen LogP contribution in [0.1, 0.15) is 36.2 Å². The van der Waals surface area contributed by atoms with Gasteiger partial charge in [-0.05, 0) is 20.3 Å². The van der Waals surface area contributed by atoms with Gasteiger partial charge >= 0.3 is 0 Å². The van der Waals surface area contributed by atoms with Crippen LogP contribution in [0.25, 0.3) is 0 Å². The Hall–Kier alpha value is -1.55. The molecule has 0 aliphatic heterocycles. The molecule has 2 unspecified atom stereocenters. The van der Waals surface area contributed by atoms with Gasteiger partial charge < -0.3 is 15.7 Å². The second-order valence-corrected chi connectivity index (χ2v) is 4.59. The van der Waals surface area contributed by atoms with Gasteiger partial charge in [0, 0.05) is 18.2 Å². The molecule has 0 aliphatic rings. The number of nitrogens with one attached hydrogen (secondary N) is 3. The SMILES string of the molecule is CC[C@@H](C)NC(=O)c1cc([NH+]([O-])O)c(C)c([NH+]([O-])O)c1. The lowest BCUT2D eigenvalue weighted by atomic mass is 10.1. The zero-order chi connectivity index (χ0) is 15.4. The molecule has 0 bridgehead atoms. The van der Waals surface area contributed by atoms with Crippen LogP contribution in [0.15, 0.2) is 12.1 Å². The number of benzene rings is 1. The average Bonchev–Trinajstić information content (AvgIpc) is 2.37. The highest BCUT2D eigenvalue weighted by atomic mass is 16.8. The molecule has 1 rings (SSSR count). The van der Waals surface area contributed by atoms with Crippen LogP contribution in [-0.4, -0.2) is 22.4 Å². The predicted octanol–water partition coefficient (Wildman–Crippen LogP) is -0.670. The minimum atomic E-state index is -1.26. The number of carbonyl (C=O) groups is 1. The van der Waals surface area contributed by atoms with Gasteiger partial charge in [-0.25, -0.2) is 10.4 Å². The predicted molar refractivity (Wildman–Crippen MR) is 70.0 cm³/mol. The van der Waals surface area contributed by atoms with Crippen LogP contribution in [0.2, 0.25) is 0 Å². The van der Waals surface area contributed by atoms with E-state index in [1.54, 1.807) is 0 Å². The van der Waals surface area contributed by atoms with Gasteiger partial charge in [-0.1, -0.05) is 6.92 Å². The highest BCUT2D eigenvalue weighted by Gasteiger charge is 2.20. The van der Waals surface area contributed by atoms with Crippen LogP contribution in [0.3, 0.4) is 0 Å². The summed E-state index contributed by atoms with van der Waals surface area (Å²) in [6.07, 6.45) is 0.717. The molecule has 0 aliphatic carbocycles. The first-order valence-corrected chi connectivity index (χ1v) is 6.20. The highest BCUT2D eigenvalue weighted by molar-refractivity contribution is 5.96. The molecule has 0 aromatic heterocycles. The van der Waals surface area contributed by atoms with E-state index < -0.39 is 16.4 Å². The maximum atomic E-state index is 12.0. The van der Waals surface area contributed by atoms with E-state index in [-0.39, 0.29) is 28.5 Å². The number of rotatable bonds is 5. The lowest BCUT2D eigenvalue weighted by molar-refractivity contribution is -0.996. The Morgan fingerprint density at radius 1 is 1.30 bits per heavy atom. The Kier molecular flexibility index (Phi) is 5.57. The minimum Gasteiger partial charge on any atom is -0.595 e. The fraction of sp³-hybridized carbons (Fsp3) is 0.417. The second-order valence-electron chi connectivity index (χ2n) is 4.59. The fourth-order valence-electron chi connectivity index (χ4n) is 1.70. The maximum absolute atomic E-state index is 12.0. The van der Waals surface area contributed by atoms with Gasteiger partial charge in [0.2, 0.25) is 0 Å². The summed E-state index contributed by atoms with van der Waals surface area (Å²) in [6.45, 7) is 5.11. The molecule has 1 aromatic carbocycles. The van der Waals surface area contributed by atoms with Crippen LogP contribution in [-0.2, 0) is 0 Å². The van der Waals surface area contributed by atoms with E-state index in [9.17, 15) is 15.2 Å². The maximum Gasteiger partial charge on any atom is 0.251 e. The summed E-state index contributed by atoms with van der Waals surface area (Å²) >= 11 is 0. The molecule has 1 aromatic rings. The Morgan fingerprint density at radius 2 is 1.75 bits per heavy atom. The molecule has 0 saturated heterocycles. The fourth-order valence-corrected chi connectivity index (χ4v) is 1.70. The third kappa shape index (κ3) is 3.73. The monoisotopic (exact) mass is 285 g/mol. The van der Waals surface area contributed by atoms with E-state index in [0.717, 1.165) is 6.42 Å². The number of hydrogen-bond acceptors (Lipinski definition) is 5.